The minimum atomic E-state index is -1.35. The van der Waals surface area contributed by atoms with E-state index in [1.165, 1.54) is 0 Å². The maximum atomic E-state index is 10.5. The van der Waals surface area contributed by atoms with Gasteiger partial charge in [0.2, 0.25) is 0 Å². The monoisotopic (exact) mass is 190 g/mol. The molecule has 1 saturated heterocycles. The maximum absolute atomic E-state index is 10.5. The van der Waals surface area contributed by atoms with Gasteiger partial charge in [-0.05, 0) is 6.92 Å². The summed E-state index contributed by atoms with van der Waals surface area (Å²) >= 11 is 0. The van der Waals surface area contributed by atoms with E-state index in [0.29, 0.717) is 0 Å². The van der Waals surface area contributed by atoms with Crippen molar-refractivity contribution >= 4 is 12.3 Å². The van der Waals surface area contributed by atoms with Crippen molar-refractivity contribution in [2.45, 2.75) is 6.92 Å². The van der Waals surface area contributed by atoms with Gasteiger partial charge in [-0.2, -0.15) is 0 Å². The first-order valence-electron chi connectivity index (χ1n) is 3.67. The summed E-state index contributed by atoms with van der Waals surface area (Å²) in [4.78, 5) is 20.6. The Morgan fingerprint density at radius 1 is 1.62 bits per heavy atom. The molecule has 1 N–H and O–H groups in total. The van der Waals surface area contributed by atoms with Gasteiger partial charge in [-0.3, -0.25) is 0 Å². The molecule has 74 valence electrons. The van der Waals surface area contributed by atoms with Crippen LogP contribution in [0.3, 0.4) is 0 Å². The zero-order valence-electron chi connectivity index (χ0n) is 7.11. The number of carbonyl (C=O) groups excluding carboxylic acids is 1. The largest absolute Gasteiger partial charge is 0.508 e. The molecule has 0 amide bonds. The molecule has 0 atom stereocenters. The topological polar surface area (TPSA) is 82.1 Å². The minimum absolute atomic E-state index is 0.0460. The third-order valence-electron chi connectivity index (χ3n) is 1.62. The Hall–Kier alpha value is -1.46. The normalized spacial score (nSPS) is 19.9. The lowest BCUT2D eigenvalue weighted by Gasteiger charge is -2.30. The Kier molecular flexibility index (Phi) is 2.60. The molecule has 0 aromatic rings. The van der Waals surface area contributed by atoms with Crippen LogP contribution in [0.15, 0.2) is 0 Å². The highest BCUT2D eigenvalue weighted by Gasteiger charge is 2.34. The zero-order chi connectivity index (χ0) is 9.90. The van der Waals surface area contributed by atoms with Crippen molar-refractivity contribution in [1.82, 2.24) is 0 Å². The SMILES string of the molecule is CC1(COC(=O)O)COC(=O)OC1. The van der Waals surface area contributed by atoms with Crippen LogP contribution in [0.25, 0.3) is 0 Å². The third-order valence-corrected chi connectivity index (χ3v) is 1.62. The van der Waals surface area contributed by atoms with Gasteiger partial charge in [-0.1, -0.05) is 0 Å². The van der Waals surface area contributed by atoms with Crippen molar-refractivity contribution in [3.05, 3.63) is 0 Å². The van der Waals surface area contributed by atoms with Crippen molar-refractivity contribution in [3.63, 3.8) is 0 Å². The predicted molar refractivity (Wildman–Crippen MR) is 39.4 cm³/mol. The molecule has 1 rings (SSSR count). The van der Waals surface area contributed by atoms with E-state index in [4.69, 9.17) is 5.11 Å². The molecule has 6 heteroatoms. The van der Waals surface area contributed by atoms with E-state index >= 15 is 0 Å². The van der Waals surface area contributed by atoms with Gasteiger partial charge in [0.05, 0.1) is 5.41 Å². The summed E-state index contributed by atoms with van der Waals surface area (Å²) in [6.45, 7) is 1.89. The fourth-order valence-corrected chi connectivity index (χ4v) is 0.869. The Balaban J connectivity index is 2.38. The fraction of sp³-hybridized carbons (Fsp3) is 0.714. The van der Waals surface area contributed by atoms with Crippen molar-refractivity contribution < 1.29 is 28.9 Å². The smallest absolute Gasteiger partial charge is 0.450 e. The summed E-state index contributed by atoms with van der Waals surface area (Å²) in [5.41, 5.74) is -0.577. The van der Waals surface area contributed by atoms with E-state index in [-0.39, 0.29) is 19.8 Å². The van der Waals surface area contributed by atoms with Crippen molar-refractivity contribution in [2.75, 3.05) is 19.8 Å². The molecule has 6 nitrogen and oxygen atoms in total. The van der Waals surface area contributed by atoms with E-state index in [1.807, 2.05) is 0 Å². The van der Waals surface area contributed by atoms with Crippen molar-refractivity contribution in [2.24, 2.45) is 5.41 Å². The summed E-state index contributed by atoms with van der Waals surface area (Å²) < 4.78 is 13.5. The van der Waals surface area contributed by atoms with Crippen LogP contribution in [0.2, 0.25) is 0 Å². The van der Waals surface area contributed by atoms with Crippen LogP contribution in [0, 0.1) is 5.41 Å². The van der Waals surface area contributed by atoms with E-state index < -0.39 is 17.7 Å². The number of ether oxygens (including phenoxy) is 3. The average Bonchev–Trinajstić information content (AvgIpc) is 2.08. The molecule has 0 saturated carbocycles. The predicted octanol–water partition coefficient (Wildman–Crippen LogP) is 0.854. The first kappa shape index (κ1) is 9.63. The molecule has 1 fully saturated rings. The van der Waals surface area contributed by atoms with Crippen LogP contribution in [0.1, 0.15) is 6.92 Å². The molecule has 0 aromatic carbocycles. The Morgan fingerprint density at radius 3 is 2.62 bits per heavy atom. The van der Waals surface area contributed by atoms with Crippen LogP contribution >= 0.6 is 0 Å². The second-order valence-corrected chi connectivity index (χ2v) is 3.19. The number of rotatable bonds is 2. The second kappa shape index (κ2) is 3.51. The van der Waals surface area contributed by atoms with Crippen molar-refractivity contribution in [3.8, 4) is 0 Å². The van der Waals surface area contributed by atoms with Gasteiger partial charge in [-0.15, -0.1) is 0 Å². The highest BCUT2D eigenvalue weighted by Crippen LogP contribution is 2.22. The van der Waals surface area contributed by atoms with Crippen LogP contribution in [0.4, 0.5) is 9.59 Å². The second-order valence-electron chi connectivity index (χ2n) is 3.19. The first-order valence-corrected chi connectivity index (χ1v) is 3.67. The van der Waals surface area contributed by atoms with E-state index in [1.54, 1.807) is 6.92 Å². The average molecular weight is 190 g/mol. The molecule has 1 aliphatic heterocycles. The standard InChI is InChI=1S/C7H10O6/c1-7(2-11-5(8)9)3-12-6(10)13-4-7/h2-4H2,1H3,(H,8,9). The first-order chi connectivity index (χ1) is 6.02. The molecule has 0 aliphatic carbocycles. The molecule has 1 heterocycles. The molecular formula is C7H10O6. The lowest BCUT2D eigenvalue weighted by atomic mass is 9.94. The lowest BCUT2D eigenvalue weighted by Crippen LogP contribution is -2.40. The highest BCUT2D eigenvalue weighted by molar-refractivity contribution is 5.60. The number of hydrogen-bond donors (Lipinski definition) is 1. The van der Waals surface area contributed by atoms with Gasteiger partial charge in [0, 0.05) is 0 Å². The third kappa shape index (κ3) is 2.81. The van der Waals surface area contributed by atoms with Gasteiger partial charge in [0.25, 0.3) is 0 Å². The number of hydrogen-bond acceptors (Lipinski definition) is 5. The van der Waals surface area contributed by atoms with E-state index in [2.05, 4.69) is 14.2 Å². The molecule has 0 radical (unpaired) electrons. The van der Waals surface area contributed by atoms with E-state index in [0.717, 1.165) is 0 Å². The van der Waals surface area contributed by atoms with E-state index in [9.17, 15) is 9.59 Å². The summed E-state index contributed by atoms with van der Waals surface area (Å²) in [6.07, 6.45) is -2.08. The lowest BCUT2D eigenvalue weighted by molar-refractivity contribution is -0.0771. The van der Waals surface area contributed by atoms with Crippen LogP contribution in [0.5, 0.6) is 0 Å². The van der Waals surface area contributed by atoms with Crippen LogP contribution in [-0.2, 0) is 14.2 Å². The quantitative estimate of drug-likeness (QED) is 0.650. The Bertz CT molecular complexity index is 213. The molecule has 1 aliphatic rings. The molecule has 0 aromatic heterocycles. The summed E-state index contributed by atoms with van der Waals surface area (Å²) in [6, 6.07) is 0. The molecule has 13 heavy (non-hydrogen) atoms. The van der Waals surface area contributed by atoms with Crippen molar-refractivity contribution in [1.29, 1.82) is 0 Å². The zero-order valence-corrected chi connectivity index (χ0v) is 7.11. The number of cyclic esters (lactones) is 2. The van der Waals surface area contributed by atoms with Gasteiger partial charge in [-0.25, -0.2) is 9.59 Å². The molecule has 0 bridgehead atoms. The minimum Gasteiger partial charge on any atom is -0.450 e. The Labute approximate surface area is 74.4 Å². The summed E-state index contributed by atoms with van der Waals surface area (Å²) in [5.74, 6) is 0. The highest BCUT2D eigenvalue weighted by atomic mass is 16.7. The molecule has 0 unspecified atom stereocenters. The summed E-state index contributed by atoms with van der Waals surface area (Å²) in [7, 11) is 0. The van der Waals surface area contributed by atoms with Gasteiger partial charge >= 0.3 is 12.3 Å². The fourth-order valence-electron chi connectivity index (χ4n) is 0.869. The number of carboxylic acid groups (broad SMARTS) is 1. The number of carbonyl (C=O) groups is 2. The summed E-state index contributed by atoms with van der Waals surface area (Å²) in [5, 5.41) is 8.24. The maximum Gasteiger partial charge on any atom is 0.508 e. The Morgan fingerprint density at radius 2 is 2.15 bits per heavy atom. The molecular weight excluding hydrogens is 180 g/mol. The van der Waals surface area contributed by atoms with Crippen LogP contribution in [-0.4, -0.2) is 37.2 Å². The molecule has 0 spiro atoms. The van der Waals surface area contributed by atoms with Gasteiger partial charge < -0.3 is 19.3 Å². The van der Waals surface area contributed by atoms with Gasteiger partial charge in [0.15, 0.2) is 0 Å². The van der Waals surface area contributed by atoms with Gasteiger partial charge in [0.1, 0.15) is 19.8 Å². The van der Waals surface area contributed by atoms with Crippen LogP contribution < -0.4 is 0 Å².